The number of carboxylic acids is 1. The minimum atomic E-state index is -1.39. The van der Waals surface area contributed by atoms with Crippen molar-refractivity contribution >= 4 is 33.9 Å². The predicted octanol–water partition coefficient (Wildman–Crippen LogP) is 0.633. The summed E-state index contributed by atoms with van der Waals surface area (Å²) in [5, 5.41) is 15.8. The Hall–Kier alpha value is -2.75. The lowest BCUT2D eigenvalue weighted by molar-refractivity contribution is -0.307. The van der Waals surface area contributed by atoms with Crippen molar-refractivity contribution in [3.63, 3.8) is 0 Å². The van der Waals surface area contributed by atoms with Crippen LogP contribution in [0.3, 0.4) is 0 Å². The van der Waals surface area contributed by atoms with Crippen molar-refractivity contribution < 1.29 is 33.7 Å². The van der Waals surface area contributed by atoms with Crippen LogP contribution in [0.5, 0.6) is 11.5 Å². The van der Waals surface area contributed by atoms with E-state index in [9.17, 15) is 19.5 Å². The number of ether oxygens (including phenoxy) is 3. The molecule has 0 radical (unpaired) electrons. The van der Waals surface area contributed by atoms with Crippen LogP contribution in [0.15, 0.2) is 28.9 Å². The number of esters is 1. The summed E-state index contributed by atoms with van der Waals surface area (Å²) in [6.45, 7) is 4.92. The molecule has 1 fully saturated rings. The number of carbonyl (C=O) groups is 3. The molecule has 9 nitrogen and oxygen atoms in total. The number of urea groups is 1. The monoisotopic (exact) mass is 441 g/mol. The molecule has 0 spiro atoms. The number of aliphatic carboxylic acids is 1. The lowest BCUT2D eigenvalue weighted by Gasteiger charge is -2.33. The van der Waals surface area contributed by atoms with Crippen molar-refractivity contribution in [2.24, 2.45) is 5.92 Å². The summed E-state index contributed by atoms with van der Waals surface area (Å²) >= 11 is 3.29. The van der Waals surface area contributed by atoms with E-state index in [1.54, 1.807) is 13.0 Å². The van der Waals surface area contributed by atoms with E-state index in [1.165, 1.54) is 13.2 Å². The van der Waals surface area contributed by atoms with Gasteiger partial charge in [0.2, 0.25) is 0 Å². The van der Waals surface area contributed by atoms with Gasteiger partial charge in [-0.15, -0.1) is 0 Å². The molecule has 2 atom stereocenters. The number of carboxylic acid groups (broad SMARTS) is 1. The third kappa shape index (κ3) is 4.70. The predicted molar refractivity (Wildman–Crippen MR) is 94.9 cm³/mol. The quantitative estimate of drug-likeness (QED) is 0.594. The minimum absolute atomic E-state index is 0.150. The first-order valence-corrected chi connectivity index (χ1v) is 8.70. The minimum Gasteiger partial charge on any atom is -0.546 e. The van der Waals surface area contributed by atoms with Gasteiger partial charge in [0.05, 0.1) is 30.2 Å². The van der Waals surface area contributed by atoms with Crippen LogP contribution in [-0.2, 0) is 14.3 Å². The highest BCUT2D eigenvalue weighted by molar-refractivity contribution is 9.10. The topological polar surface area (TPSA) is 126 Å². The first-order valence-electron chi connectivity index (χ1n) is 7.91. The van der Waals surface area contributed by atoms with Crippen LogP contribution in [0.25, 0.3) is 0 Å². The van der Waals surface area contributed by atoms with Gasteiger partial charge in [-0.1, -0.05) is 6.58 Å². The zero-order valence-electron chi connectivity index (χ0n) is 14.7. The van der Waals surface area contributed by atoms with Gasteiger partial charge in [-0.3, -0.25) is 4.79 Å². The summed E-state index contributed by atoms with van der Waals surface area (Å²) in [7, 11) is 1.38. The number of methoxy groups -OCH3 is 1. The van der Waals surface area contributed by atoms with E-state index in [0.717, 1.165) is 0 Å². The van der Waals surface area contributed by atoms with Gasteiger partial charge in [0.25, 0.3) is 0 Å². The van der Waals surface area contributed by atoms with Gasteiger partial charge in [-0.25, -0.2) is 4.79 Å². The van der Waals surface area contributed by atoms with Crippen molar-refractivity contribution in [3.05, 3.63) is 34.4 Å². The van der Waals surface area contributed by atoms with Crippen molar-refractivity contribution in [2.75, 3.05) is 20.3 Å². The molecule has 0 aromatic heterocycles. The van der Waals surface area contributed by atoms with Crippen molar-refractivity contribution in [2.45, 2.75) is 13.0 Å². The molecule has 146 valence electrons. The fraction of sp³-hybridized carbons (Fsp3) is 0.353. The summed E-state index contributed by atoms with van der Waals surface area (Å²) in [5.74, 6) is -2.45. The Labute approximate surface area is 163 Å². The van der Waals surface area contributed by atoms with E-state index >= 15 is 0 Å². The molecule has 2 N–H and O–H groups in total. The van der Waals surface area contributed by atoms with Gasteiger partial charge in [-0.05, 0) is 40.5 Å². The number of halogens is 1. The molecule has 2 rings (SSSR count). The Morgan fingerprint density at radius 1 is 1.37 bits per heavy atom. The average molecular weight is 442 g/mol. The summed E-state index contributed by atoms with van der Waals surface area (Å²) in [5.41, 5.74) is 0.711. The number of hydrogen-bond acceptors (Lipinski definition) is 7. The molecule has 2 amide bonds. The maximum atomic E-state index is 12.4. The Morgan fingerprint density at radius 2 is 2.07 bits per heavy atom. The standard InChI is InChI=1S/C17H19BrN2O7/c1-4-26-16(23)13-8(2)19-17(24)20-14(13)9-5-10(18)15(11(6-9)25-3)27-7-12(21)22/h5-6,13-14H,2,4,7H2,1,3H3,(H,21,22)(H2,19,20,24)/p-1/t13-,14+/m1/s1. The van der Waals surface area contributed by atoms with Crippen LogP contribution in [0.1, 0.15) is 18.5 Å². The summed E-state index contributed by atoms with van der Waals surface area (Å²) in [4.78, 5) is 34.9. The third-order valence-electron chi connectivity index (χ3n) is 3.76. The largest absolute Gasteiger partial charge is 0.546 e. The molecule has 1 saturated heterocycles. The van der Waals surface area contributed by atoms with E-state index in [0.29, 0.717) is 10.0 Å². The van der Waals surface area contributed by atoms with Crippen LogP contribution in [-0.4, -0.2) is 38.3 Å². The first-order chi connectivity index (χ1) is 12.8. The zero-order valence-corrected chi connectivity index (χ0v) is 16.3. The molecule has 0 unspecified atom stereocenters. The summed E-state index contributed by atoms with van der Waals surface area (Å²) < 4.78 is 15.9. The number of nitrogens with one attached hydrogen (secondary N) is 2. The maximum absolute atomic E-state index is 12.4. The smallest absolute Gasteiger partial charge is 0.319 e. The van der Waals surface area contributed by atoms with E-state index in [2.05, 4.69) is 33.1 Å². The summed E-state index contributed by atoms with van der Waals surface area (Å²) in [6, 6.07) is 1.83. The number of rotatable bonds is 7. The molecule has 1 aliphatic heterocycles. The van der Waals surface area contributed by atoms with E-state index in [4.69, 9.17) is 14.2 Å². The lowest BCUT2D eigenvalue weighted by Crippen LogP contribution is -2.51. The van der Waals surface area contributed by atoms with Crippen LogP contribution >= 0.6 is 15.9 Å². The highest BCUT2D eigenvalue weighted by atomic mass is 79.9. The number of hydrogen-bond donors (Lipinski definition) is 2. The van der Waals surface area contributed by atoms with E-state index < -0.39 is 36.5 Å². The highest BCUT2D eigenvalue weighted by Gasteiger charge is 2.39. The van der Waals surface area contributed by atoms with Crippen LogP contribution in [0.2, 0.25) is 0 Å². The highest BCUT2D eigenvalue weighted by Crippen LogP contribution is 2.41. The van der Waals surface area contributed by atoms with Gasteiger partial charge >= 0.3 is 12.0 Å². The van der Waals surface area contributed by atoms with Gasteiger partial charge in [0, 0.05) is 5.70 Å². The molecule has 10 heteroatoms. The number of carbonyl (C=O) groups excluding carboxylic acids is 3. The van der Waals surface area contributed by atoms with Gasteiger partial charge in [0.15, 0.2) is 11.5 Å². The van der Waals surface area contributed by atoms with Crippen LogP contribution in [0, 0.1) is 5.92 Å². The SMILES string of the molecule is C=C1NC(=O)N[C@@H](c2cc(Br)c(OCC(=O)[O-])c(OC)c2)[C@@H]1C(=O)OCC. The molecule has 0 bridgehead atoms. The van der Waals surface area contributed by atoms with Crippen LogP contribution in [0.4, 0.5) is 4.79 Å². The van der Waals surface area contributed by atoms with E-state index in [-0.39, 0.29) is 23.8 Å². The van der Waals surface area contributed by atoms with Crippen LogP contribution < -0.4 is 25.2 Å². The molecule has 0 aliphatic carbocycles. The van der Waals surface area contributed by atoms with Crippen molar-refractivity contribution in [1.82, 2.24) is 10.6 Å². The second-order valence-corrected chi connectivity index (χ2v) is 6.38. The molecule has 27 heavy (non-hydrogen) atoms. The average Bonchev–Trinajstić information content (AvgIpc) is 2.59. The Kier molecular flexibility index (Phi) is 6.67. The Morgan fingerprint density at radius 3 is 2.67 bits per heavy atom. The fourth-order valence-electron chi connectivity index (χ4n) is 2.66. The number of amides is 2. The Balaban J connectivity index is 2.44. The normalized spacial score (nSPS) is 18.9. The van der Waals surface area contributed by atoms with Crippen molar-refractivity contribution in [3.8, 4) is 11.5 Å². The molecule has 1 aliphatic rings. The molecule has 0 saturated carbocycles. The van der Waals surface area contributed by atoms with Gasteiger partial charge < -0.3 is 34.7 Å². The zero-order chi connectivity index (χ0) is 20.1. The number of benzene rings is 1. The second-order valence-electron chi connectivity index (χ2n) is 5.53. The van der Waals surface area contributed by atoms with Gasteiger partial charge in [0.1, 0.15) is 12.5 Å². The second kappa shape index (κ2) is 8.76. The molecular weight excluding hydrogens is 424 g/mol. The Bertz CT molecular complexity index is 781. The van der Waals surface area contributed by atoms with Gasteiger partial charge in [-0.2, -0.15) is 0 Å². The third-order valence-corrected chi connectivity index (χ3v) is 4.34. The maximum Gasteiger partial charge on any atom is 0.319 e. The molecule has 1 heterocycles. The summed E-state index contributed by atoms with van der Waals surface area (Å²) in [6.07, 6.45) is 0. The van der Waals surface area contributed by atoms with Crippen molar-refractivity contribution in [1.29, 1.82) is 0 Å². The first kappa shape index (κ1) is 20.6. The molecular formula is C17H18BrN2O7-. The fourth-order valence-corrected chi connectivity index (χ4v) is 3.24. The lowest BCUT2D eigenvalue weighted by atomic mass is 9.89. The molecule has 1 aromatic carbocycles. The van der Waals surface area contributed by atoms with E-state index in [1.807, 2.05) is 0 Å². The molecule has 1 aromatic rings.